The van der Waals surface area contributed by atoms with Crippen LogP contribution in [0.3, 0.4) is 0 Å². The number of aromatic nitrogens is 4. The SMILES string of the molecule is COc1ccc2c(c1)-c1nc(-n3ncc(C(=O)N4CCN(C)CC4)c3C3CC3)ncc1CC2. The van der Waals surface area contributed by atoms with Crippen molar-refractivity contribution in [2.24, 2.45) is 0 Å². The maximum atomic E-state index is 13.4. The van der Waals surface area contributed by atoms with Crippen molar-refractivity contribution < 1.29 is 9.53 Å². The zero-order valence-corrected chi connectivity index (χ0v) is 19.1. The summed E-state index contributed by atoms with van der Waals surface area (Å²) >= 11 is 0. The molecule has 2 aromatic heterocycles. The van der Waals surface area contributed by atoms with Crippen molar-refractivity contribution in [3.05, 3.63) is 53.0 Å². The summed E-state index contributed by atoms with van der Waals surface area (Å²) in [6.07, 6.45) is 7.65. The second-order valence-electron chi connectivity index (χ2n) is 9.29. The molecular weight excluding hydrogens is 416 g/mol. The summed E-state index contributed by atoms with van der Waals surface area (Å²) in [7, 11) is 3.78. The molecular formula is C25H28N6O2. The number of rotatable bonds is 4. The van der Waals surface area contributed by atoms with Crippen molar-refractivity contribution in [2.45, 2.75) is 31.6 Å². The summed E-state index contributed by atoms with van der Waals surface area (Å²) in [5.74, 6) is 1.76. The zero-order valence-electron chi connectivity index (χ0n) is 19.1. The van der Waals surface area contributed by atoms with Crippen LogP contribution in [-0.4, -0.2) is 75.8 Å². The van der Waals surface area contributed by atoms with Crippen molar-refractivity contribution in [2.75, 3.05) is 40.3 Å². The average molecular weight is 445 g/mol. The largest absolute Gasteiger partial charge is 0.497 e. The van der Waals surface area contributed by atoms with E-state index in [1.165, 1.54) is 5.56 Å². The maximum Gasteiger partial charge on any atom is 0.257 e. The van der Waals surface area contributed by atoms with Gasteiger partial charge in [-0.2, -0.15) is 5.10 Å². The van der Waals surface area contributed by atoms with Crippen LogP contribution >= 0.6 is 0 Å². The van der Waals surface area contributed by atoms with Gasteiger partial charge in [-0.05, 0) is 56.0 Å². The van der Waals surface area contributed by atoms with Gasteiger partial charge in [0.2, 0.25) is 0 Å². The highest BCUT2D eigenvalue weighted by atomic mass is 16.5. The van der Waals surface area contributed by atoms with Gasteiger partial charge in [0, 0.05) is 43.9 Å². The Bertz CT molecular complexity index is 1220. The van der Waals surface area contributed by atoms with E-state index in [1.54, 1.807) is 18.0 Å². The number of hydrogen-bond acceptors (Lipinski definition) is 6. The predicted octanol–water partition coefficient (Wildman–Crippen LogP) is 2.70. The number of carbonyl (C=O) groups excluding carboxylic acids is 1. The first-order valence-electron chi connectivity index (χ1n) is 11.7. The smallest absolute Gasteiger partial charge is 0.257 e. The fourth-order valence-electron chi connectivity index (χ4n) is 4.92. The van der Waals surface area contributed by atoms with Crippen LogP contribution in [0.25, 0.3) is 17.2 Å². The molecule has 3 aromatic rings. The summed E-state index contributed by atoms with van der Waals surface area (Å²) in [6.45, 7) is 3.29. The number of aryl methyl sites for hydroxylation is 2. The predicted molar refractivity (Wildman–Crippen MR) is 124 cm³/mol. The second kappa shape index (κ2) is 7.95. The van der Waals surface area contributed by atoms with E-state index in [1.807, 2.05) is 17.2 Å². The number of benzene rings is 1. The molecule has 33 heavy (non-hydrogen) atoms. The molecule has 170 valence electrons. The van der Waals surface area contributed by atoms with E-state index in [0.717, 1.165) is 80.1 Å². The Morgan fingerprint density at radius 2 is 1.85 bits per heavy atom. The first kappa shape index (κ1) is 20.4. The van der Waals surface area contributed by atoms with Crippen LogP contribution in [0.1, 0.15) is 45.9 Å². The number of methoxy groups -OCH3 is 1. The number of carbonyl (C=O) groups is 1. The number of nitrogens with zero attached hydrogens (tertiary/aromatic N) is 6. The molecule has 1 aromatic carbocycles. The molecule has 0 radical (unpaired) electrons. The lowest BCUT2D eigenvalue weighted by atomic mass is 9.90. The van der Waals surface area contributed by atoms with Crippen LogP contribution in [0, 0.1) is 0 Å². The first-order chi connectivity index (χ1) is 16.1. The quantitative estimate of drug-likeness (QED) is 0.616. The van der Waals surface area contributed by atoms with E-state index in [0.29, 0.717) is 17.4 Å². The van der Waals surface area contributed by atoms with Crippen LogP contribution < -0.4 is 4.74 Å². The van der Waals surface area contributed by atoms with Gasteiger partial charge in [-0.15, -0.1) is 0 Å². The number of likely N-dealkylation sites (N-methyl/N-ethyl adjacent to an activating group) is 1. The van der Waals surface area contributed by atoms with Gasteiger partial charge in [0.15, 0.2) is 0 Å². The summed E-state index contributed by atoms with van der Waals surface area (Å²) in [6, 6.07) is 6.17. The summed E-state index contributed by atoms with van der Waals surface area (Å²) in [4.78, 5) is 27.2. The van der Waals surface area contributed by atoms with Gasteiger partial charge >= 0.3 is 0 Å². The third-order valence-corrected chi connectivity index (χ3v) is 7.07. The van der Waals surface area contributed by atoms with Crippen molar-refractivity contribution in [1.82, 2.24) is 29.5 Å². The number of fused-ring (bicyclic) bond motifs is 3. The molecule has 1 saturated heterocycles. The number of hydrogen-bond donors (Lipinski definition) is 0. The normalized spacial score (nSPS) is 18.1. The molecule has 1 aliphatic heterocycles. The third-order valence-electron chi connectivity index (χ3n) is 7.07. The van der Waals surface area contributed by atoms with E-state index in [9.17, 15) is 4.79 Å². The Labute approximate surface area is 193 Å². The Kier molecular flexibility index (Phi) is 4.90. The Morgan fingerprint density at radius 1 is 1.06 bits per heavy atom. The summed E-state index contributed by atoms with van der Waals surface area (Å²) in [5.41, 5.74) is 6.08. The second-order valence-corrected chi connectivity index (χ2v) is 9.29. The molecule has 2 fully saturated rings. The number of piperazine rings is 1. The Morgan fingerprint density at radius 3 is 2.61 bits per heavy atom. The highest BCUT2D eigenvalue weighted by Gasteiger charge is 2.35. The van der Waals surface area contributed by atoms with Crippen LogP contribution in [0.2, 0.25) is 0 Å². The van der Waals surface area contributed by atoms with Crippen LogP contribution in [0.15, 0.2) is 30.6 Å². The molecule has 0 N–H and O–H groups in total. The van der Waals surface area contributed by atoms with Gasteiger partial charge in [0.05, 0.1) is 30.3 Å². The molecule has 0 spiro atoms. The number of ether oxygens (including phenoxy) is 1. The van der Waals surface area contributed by atoms with E-state index < -0.39 is 0 Å². The standard InChI is InChI=1S/C25H28N6O2/c1-29-9-11-30(12-10-29)24(32)21-15-27-31(23(21)17-4-5-17)25-26-14-18-6-3-16-7-8-19(33-2)13-20(16)22(18)28-25/h7-8,13-15,17H,3-6,9-12H2,1-2H3. The first-order valence-corrected chi connectivity index (χ1v) is 11.7. The molecule has 1 amide bonds. The molecule has 0 unspecified atom stereocenters. The minimum atomic E-state index is 0.0734. The highest BCUT2D eigenvalue weighted by Crippen LogP contribution is 2.43. The molecule has 3 heterocycles. The Hall–Kier alpha value is -3.26. The zero-order chi connectivity index (χ0) is 22.5. The topological polar surface area (TPSA) is 76.4 Å². The van der Waals surface area contributed by atoms with Crippen LogP contribution in [-0.2, 0) is 12.8 Å². The van der Waals surface area contributed by atoms with E-state index >= 15 is 0 Å². The lowest BCUT2D eigenvalue weighted by Gasteiger charge is -2.32. The van der Waals surface area contributed by atoms with Crippen molar-refractivity contribution in [1.29, 1.82) is 0 Å². The summed E-state index contributed by atoms with van der Waals surface area (Å²) in [5, 5.41) is 4.63. The fraction of sp³-hybridized carbons (Fsp3) is 0.440. The summed E-state index contributed by atoms with van der Waals surface area (Å²) < 4.78 is 7.26. The van der Waals surface area contributed by atoms with Gasteiger partial charge in [0.1, 0.15) is 5.75 Å². The van der Waals surface area contributed by atoms with Crippen molar-refractivity contribution in [3.63, 3.8) is 0 Å². The molecule has 8 nitrogen and oxygen atoms in total. The van der Waals surface area contributed by atoms with Crippen LogP contribution in [0.4, 0.5) is 0 Å². The minimum Gasteiger partial charge on any atom is -0.497 e. The average Bonchev–Trinajstić information content (AvgIpc) is 3.60. The van der Waals surface area contributed by atoms with Crippen molar-refractivity contribution in [3.8, 4) is 23.0 Å². The lowest BCUT2D eigenvalue weighted by molar-refractivity contribution is 0.0663. The number of amides is 1. The Balaban J connectivity index is 1.39. The van der Waals surface area contributed by atoms with Crippen molar-refractivity contribution >= 4 is 5.91 Å². The van der Waals surface area contributed by atoms with Gasteiger partial charge in [-0.25, -0.2) is 14.6 Å². The molecule has 8 heteroatoms. The maximum absolute atomic E-state index is 13.4. The molecule has 0 atom stereocenters. The third kappa shape index (κ3) is 3.58. The molecule has 2 aliphatic carbocycles. The van der Waals surface area contributed by atoms with E-state index in [4.69, 9.17) is 9.72 Å². The van der Waals surface area contributed by atoms with E-state index in [-0.39, 0.29) is 5.91 Å². The molecule has 6 rings (SSSR count). The minimum absolute atomic E-state index is 0.0734. The highest BCUT2D eigenvalue weighted by molar-refractivity contribution is 5.95. The van der Waals surface area contributed by atoms with Gasteiger partial charge in [-0.3, -0.25) is 4.79 Å². The van der Waals surface area contributed by atoms with Gasteiger partial charge in [-0.1, -0.05) is 6.07 Å². The lowest BCUT2D eigenvalue weighted by Crippen LogP contribution is -2.47. The molecule has 1 saturated carbocycles. The van der Waals surface area contributed by atoms with Crippen LogP contribution in [0.5, 0.6) is 5.75 Å². The van der Waals surface area contributed by atoms with Gasteiger partial charge in [0.25, 0.3) is 11.9 Å². The van der Waals surface area contributed by atoms with E-state index in [2.05, 4.69) is 34.2 Å². The molecule has 0 bridgehead atoms. The fourth-order valence-corrected chi connectivity index (χ4v) is 4.92. The monoisotopic (exact) mass is 444 g/mol. The van der Waals surface area contributed by atoms with Gasteiger partial charge < -0.3 is 14.5 Å². The molecule has 3 aliphatic rings.